The van der Waals surface area contributed by atoms with Gasteiger partial charge in [-0.2, -0.15) is 0 Å². The van der Waals surface area contributed by atoms with Crippen LogP contribution in [-0.4, -0.2) is 23.4 Å². The highest BCUT2D eigenvalue weighted by atomic mass is 32.2. The average Bonchev–Trinajstić information content (AvgIpc) is 2.71. The maximum absolute atomic E-state index is 12.2. The highest BCUT2D eigenvalue weighted by Crippen LogP contribution is 2.36. The molecule has 1 atom stereocenters. The summed E-state index contributed by atoms with van der Waals surface area (Å²) in [5.74, 6) is 0.644. The third kappa shape index (κ3) is 3.98. The van der Waals surface area contributed by atoms with Crippen molar-refractivity contribution < 1.29 is 4.79 Å². The molecule has 1 aliphatic rings. The van der Waals surface area contributed by atoms with Crippen LogP contribution < -0.4 is 10.6 Å². The van der Waals surface area contributed by atoms with Gasteiger partial charge in [-0.05, 0) is 29.0 Å². The molecule has 0 saturated carbocycles. The molecule has 4 rings (SSSR count). The van der Waals surface area contributed by atoms with E-state index in [1.54, 1.807) is 0 Å². The number of anilines is 1. The quantitative estimate of drug-likeness (QED) is 0.666. The number of carbonyl (C=O) groups is 1. The van der Waals surface area contributed by atoms with Gasteiger partial charge in [0.25, 0.3) is 0 Å². The van der Waals surface area contributed by atoms with Crippen molar-refractivity contribution in [2.75, 3.05) is 17.6 Å². The lowest BCUT2D eigenvalue weighted by Crippen LogP contribution is -2.29. The van der Waals surface area contributed by atoms with Crippen molar-refractivity contribution >= 4 is 45.0 Å². The van der Waals surface area contributed by atoms with Crippen LogP contribution in [0.3, 0.4) is 0 Å². The monoisotopic (exact) mass is 375 g/mol. The molecule has 2 N–H and O–H groups in total. The molecule has 3 aromatic rings. The van der Waals surface area contributed by atoms with Gasteiger partial charge in [0, 0.05) is 11.9 Å². The number of carbonyl (C=O) groups excluding carboxylic acids is 1. The number of nitrogens with zero attached hydrogens (tertiary/aromatic N) is 1. The summed E-state index contributed by atoms with van der Waals surface area (Å²) in [6.45, 7) is 2.75. The second-order valence-corrected chi connectivity index (χ2v) is 7.59. The molecule has 0 unspecified atom stereocenters. The number of benzene rings is 3. The van der Waals surface area contributed by atoms with Crippen LogP contribution in [0.5, 0.6) is 0 Å². The van der Waals surface area contributed by atoms with Crippen LogP contribution in [0.1, 0.15) is 18.4 Å². The molecule has 27 heavy (non-hydrogen) atoms. The third-order valence-electron chi connectivity index (χ3n) is 4.66. The minimum atomic E-state index is 0.0179. The highest BCUT2D eigenvalue weighted by Gasteiger charge is 2.16. The Labute approximate surface area is 163 Å². The Bertz CT molecular complexity index is 996. The Morgan fingerprint density at radius 3 is 2.67 bits per heavy atom. The first-order valence-electron chi connectivity index (χ1n) is 9.02. The second-order valence-electron chi connectivity index (χ2n) is 6.63. The standard InChI is InChI=1S/C22H21N3OS/c1-15(16-7-3-2-4-8-16)13-23-20(26)14-27-22-24-18-11-5-9-17-10-6-12-19(25-22)21(17)18/h2-12,15H,13-14H2,1H3,(H,23,26)(H,24,25)/t15-/m0/s1. The first-order valence-corrected chi connectivity index (χ1v) is 10.0. The number of hydrogen-bond acceptors (Lipinski definition) is 4. The maximum Gasteiger partial charge on any atom is 0.230 e. The number of amides is 1. The predicted octanol–water partition coefficient (Wildman–Crippen LogP) is 4.91. The van der Waals surface area contributed by atoms with E-state index in [0.717, 1.165) is 27.3 Å². The van der Waals surface area contributed by atoms with Gasteiger partial charge >= 0.3 is 0 Å². The molecule has 4 nitrogen and oxygen atoms in total. The molecule has 0 radical (unpaired) electrons. The van der Waals surface area contributed by atoms with Crippen LogP contribution in [-0.2, 0) is 4.79 Å². The molecule has 136 valence electrons. The van der Waals surface area contributed by atoms with Crippen LogP contribution in [0.2, 0.25) is 0 Å². The lowest BCUT2D eigenvalue weighted by molar-refractivity contribution is -0.118. The summed E-state index contributed by atoms with van der Waals surface area (Å²) in [6, 6.07) is 22.5. The molecular formula is C22H21N3OS. The van der Waals surface area contributed by atoms with Gasteiger partial charge in [-0.15, -0.1) is 0 Å². The van der Waals surface area contributed by atoms with Gasteiger partial charge in [-0.1, -0.05) is 73.3 Å². The van der Waals surface area contributed by atoms with Gasteiger partial charge in [-0.3, -0.25) is 4.79 Å². The molecule has 0 fully saturated rings. The zero-order valence-electron chi connectivity index (χ0n) is 15.1. The van der Waals surface area contributed by atoms with Crippen molar-refractivity contribution in [2.45, 2.75) is 12.8 Å². The summed E-state index contributed by atoms with van der Waals surface area (Å²) in [4.78, 5) is 16.9. The van der Waals surface area contributed by atoms with Gasteiger partial charge in [0.1, 0.15) is 0 Å². The highest BCUT2D eigenvalue weighted by molar-refractivity contribution is 8.14. The minimum Gasteiger partial charge on any atom is -0.355 e. The maximum atomic E-state index is 12.2. The summed E-state index contributed by atoms with van der Waals surface area (Å²) in [7, 11) is 0. The SMILES string of the molecule is C[C@@H](CNC(=O)CSC1=Nc2cccc3cccc(c23)N1)c1ccccc1. The van der Waals surface area contributed by atoms with Crippen LogP contribution in [0, 0.1) is 0 Å². The molecule has 0 saturated heterocycles. The molecule has 1 heterocycles. The molecule has 1 aliphatic heterocycles. The topological polar surface area (TPSA) is 53.5 Å². The fraction of sp³-hybridized carbons (Fsp3) is 0.182. The number of hydrogen-bond donors (Lipinski definition) is 2. The Morgan fingerprint density at radius 2 is 1.85 bits per heavy atom. The van der Waals surface area contributed by atoms with E-state index < -0.39 is 0 Å². The van der Waals surface area contributed by atoms with Gasteiger partial charge in [0.2, 0.25) is 5.91 Å². The van der Waals surface area contributed by atoms with Crippen molar-refractivity contribution in [3.63, 3.8) is 0 Å². The van der Waals surface area contributed by atoms with Gasteiger partial charge in [0.05, 0.1) is 17.1 Å². The van der Waals surface area contributed by atoms with Gasteiger partial charge < -0.3 is 10.6 Å². The van der Waals surface area contributed by atoms with Crippen molar-refractivity contribution in [1.29, 1.82) is 0 Å². The van der Waals surface area contributed by atoms with E-state index in [9.17, 15) is 4.79 Å². The van der Waals surface area contributed by atoms with E-state index >= 15 is 0 Å². The summed E-state index contributed by atoms with van der Waals surface area (Å²) < 4.78 is 0. The van der Waals surface area contributed by atoms with Crippen LogP contribution in [0.4, 0.5) is 11.4 Å². The third-order valence-corrected chi connectivity index (χ3v) is 5.53. The van der Waals surface area contributed by atoms with E-state index in [-0.39, 0.29) is 11.8 Å². The minimum absolute atomic E-state index is 0.0179. The van der Waals surface area contributed by atoms with Crippen molar-refractivity contribution in [3.8, 4) is 0 Å². The number of amidine groups is 1. The van der Waals surface area contributed by atoms with E-state index in [0.29, 0.717) is 12.3 Å². The zero-order valence-corrected chi connectivity index (χ0v) is 15.9. The van der Waals surface area contributed by atoms with E-state index in [1.807, 2.05) is 42.5 Å². The van der Waals surface area contributed by atoms with Crippen molar-refractivity contribution in [1.82, 2.24) is 5.32 Å². The molecule has 1 amide bonds. The van der Waals surface area contributed by atoms with Gasteiger partial charge in [0.15, 0.2) is 5.17 Å². The summed E-state index contributed by atoms with van der Waals surface area (Å²) in [5.41, 5.74) is 3.22. The summed E-state index contributed by atoms with van der Waals surface area (Å²) in [6.07, 6.45) is 0. The predicted molar refractivity (Wildman–Crippen MR) is 115 cm³/mol. The molecule has 3 aromatic carbocycles. The number of nitrogens with one attached hydrogen (secondary N) is 2. The molecule has 0 aromatic heterocycles. The van der Waals surface area contributed by atoms with Crippen LogP contribution in [0.25, 0.3) is 10.8 Å². The first kappa shape index (κ1) is 17.6. The second kappa shape index (κ2) is 7.84. The molecule has 5 heteroatoms. The number of thioether (sulfide) groups is 1. The summed E-state index contributed by atoms with van der Waals surface area (Å²) in [5, 5.41) is 9.41. The first-order chi connectivity index (χ1) is 13.2. The fourth-order valence-corrected chi connectivity index (χ4v) is 3.91. The largest absolute Gasteiger partial charge is 0.355 e. The molecule has 0 bridgehead atoms. The normalized spacial score (nSPS) is 13.6. The Balaban J connectivity index is 1.34. The zero-order chi connectivity index (χ0) is 18.6. The van der Waals surface area contributed by atoms with Crippen LogP contribution >= 0.6 is 11.8 Å². The molecule has 0 spiro atoms. The van der Waals surface area contributed by atoms with E-state index in [1.165, 1.54) is 17.3 Å². The smallest absolute Gasteiger partial charge is 0.230 e. The fourth-order valence-electron chi connectivity index (χ4n) is 3.19. The Hall–Kier alpha value is -2.79. The summed E-state index contributed by atoms with van der Waals surface area (Å²) >= 11 is 1.43. The van der Waals surface area contributed by atoms with Crippen molar-refractivity contribution in [3.05, 3.63) is 72.3 Å². The lowest BCUT2D eigenvalue weighted by atomic mass is 10.0. The molecule has 0 aliphatic carbocycles. The van der Waals surface area contributed by atoms with Crippen molar-refractivity contribution in [2.24, 2.45) is 4.99 Å². The Kier molecular flexibility index (Phi) is 5.12. The van der Waals surface area contributed by atoms with Gasteiger partial charge in [-0.25, -0.2) is 4.99 Å². The average molecular weight is 375 g/mol. The Morgan fingerprint density at radius 1 is 1.07 bits per heavy atom. The van der Waals surface area contributed by atoms with E-state index in [4.69, 9.17) is 0 Å². The van der Waals surface area contributed by atoms with E-state index in [2.05, 4.69) is 46.8 Å². The number of rotatable bonds is 5. The number of aliphatic imine (C=N–C) groups is 1. The van der Waals surface area contributed by atoms with Crippen LogP contribution in [0.15, 0.2) is 71.7 Å². The lowest BCUT2D eigenvalue weighted by Gasteiger charge is -2.18. The molecular weight excluding hydrogens is 354 g/mol.